The number of H-pyrrole nitrogens is 1. The van der Waals surface area contributed by atoms with Gasteiger partial charge in [0.25, 0.3) is 0 Å². The Morgan fingerprint density at radius 3 is 2.72 bits per heavy atom. The lowest BCUT2D eigenvalue weighted by Gasteiger charge is -2.38. The molecule has 0 atom stereocenters. The monoisotopic (exact) mass is 337 g/mol. The van der Waals surface area contributed by atoms with Gasteiger partial charge in [0.15, 0.2) is 5.82 Å². The van der Waals surface area contributed by atoms with Gasteiger partial charge in [-0.25, -0.2) is 14.2 Å². The van der Waals surface area contributed by atoms with Crippen LogP contribution in [-0.4, -0.2) is 29.0 Å². The summed E-state index contributed by atoms with van der Waals surface area (Å²) in [6.45, 7) is 1.37. The van der Waals surface area contributed by atoms with Gasteiger partial charge in [-0.05, 0) is 18.2 Å². The molecular weight excluding hydrogens is 321 g/mol. The third-order valence-electron chi connectivity index (χ3n) is 5.25. The van der Waals surface area contributed by atoms with E-state index in [1.54, 1.807) is 6.07 Å². The van der Waals surface area contributed by atoms with Crippen molar-refractivity contribution in [2.45, 2.75) is 18.4 Å². The van der Waals surface area contributed by atoms with Crippen molar-refractivity contribution in [1.82, 2.24) is 9.97 Å². The number of anilines is 1. The number of carbonyl (C=O) groups excluding carboxylic acids is 1. The Labute approximate surface area is 143 Å². The largest absolute Gasteiger partial charge is 0.450 e. The number of imidazole rings is 1. The van der Waals surface area contributed by atoms with Crippen LogP contribution in [0.1, 0.15) is 28.8 Å². The van der Waals surface area contributed by atoms with Crippen molar-refractivity contribution in [2.75, 3.05) is 18.0 Å². The summed E-state index contributed by atoms with van der Waals surface area (Å²) in [4.78, 5) is 21.8. The molecule has 1 aromatic heterocycles. The van der Waals surface area contributed by atoms with Crippen molar-refractivity contribution < 1.29 is 13.9 Å². The van der Waals surface area contributed by atoms with Gasteiger partial charge in [0.1, 0.15) is 11.1 Å². The van der Waals surface area contributed by atoms with Crippen LogP contribution in [0.25, 0.3) is 11.0 Å². The van der Waals surface area contributed by atoms with Crippen molar-refractivity contribution >= 4 is 23.0 Å². The van der Waals surface area contributed by atoms with Crippen LogP contribution >= 0.6 is 0 Å². The first-order valence-electron chi connectivity index (χ1n) is 8.38. The first-order chi connectivity index (χ1) is 12.2. The summed E-state index contributed by atoms with van der Waals surface area (Å²) in [5.41, 5.74) is 2.15. The fourth-order valence-electron chi connectivity index (χ4n) is 3.93. The first kappa shape index (κ1) is 14.5. The number of nitrogens with zero attached hydrogens (tertiary/aromatic N) is 2. The fraction of sp³-hybridized carbons (Fsp3) is 0.263. The Balaban J connectivity index is 1.43. The number of fused-ring (bicyclic) bond motifs is 3. The summed E-state index contributed by atoms with van der Waals surface area (Å²) in [7, 11) is 0. The molecule has 2 aliphatic rings. The molecule has 6 heteroatoms. The zero-order valence-corrected chi connectivity index (χ0v) is 13.5. The highest BCUT2D eigenvalue weighted by Crippen LogP contribution is 2.44. The maximum Gasteiger partial charge on any atom is 0.339 e. The number of carbonyl (C=O) groups is 1. The molecule has 3 aromatic rings. The normalized spacial score (nSPS) is 18.6. The number of nitrogens with one attached hydrogen (secondary N) is 1. The van der Waals surface area contributed by atoms with Crippen LogP contribution in [0.3, 0.4) is 0 Å². The molecule has 2 aromatic carbocycles. The SMILES string of the molecule is O=C1OC2(CCN(c3nc4c(F)cccc4[nH]3)CC2)c2ccccc21. The molecule has 5 rings (SSSR count). The molecule has 0 radical (unpaired) electrons. The van der Waals surface area contributed by atoms with Crippen LogP contribution in [-0.2, 0) is 10.3 Å². The molecule has 1 saturated heterocycles. The molecule has 2 aliphatic heterocycles. The lowest BCUT2D eigenvalue weighted by atomic mass is 9.84. The van der Waals surface area contributed by atoms with E-state index in [9.17, 15) is 9.18 Å². The van der Waals surface area contributed by atoms with Crippen LogP contribution in [0, 0.1) is 5.82 Å². The number of esters is 1. The van der Waals surface area contributed by atoms with Gasteiger partial charge in [-0.15, -0.1) is 0 Å². The zero-order valence-electron chi connectivity index (χ0n) is 13.5. The Hall–Kier alpha value is -2.89. The Kier molecular flexibility index (Phi) is 2.92. The second-order valence-electron chi connectivity index (χ2n) is 6.61. The standard InChI is InChI=1S/C19H16FN3O2/c20-14-6-3-7-15-16(14)22-18(21-15)23-10-8-19(9-11-23)13-5-2-1-4-12(13)17(24)25-19/h1-7H,8-11H2,(H,21,22). The summed E-state index contributed by atoms with van der Waals surface area (Å²) in [5.74, 6) is 0.0922. The van der Waals surface area contributed by atoms with Gasteiger partial charge in [-0.3, -0.25) is 0 Å². The highest BCUT2D eigenvalue weighted by Gasteiger charge is 2.47. The van der Waals surface area contributed by atoms with Crippen LogP contribution in [0.4, 0.5) is 10.3 Å². The minimum absolute atomic E-state index is 0.241. The predicted molar refractivity (Wildman–Crippen MR) is 91.0 cm³/mol. The minimum atomic E-state index is -0.540. The quantitative estimate of drug-likeness (QED) is 0.692. The van der Waals surface area contributed by atoms with Crippen molar-refractivity contribution in [2.24, 2.45) is 0 Å². The van der Waals surface area contributed by atoms with Crippen LogP contribution in [0.15, 0.2) is 42.5 Å². The predicted octanol–water partition coefficient (Wildman–Crippen LogP) is 3.37. The Morgan fingerprint density at radius 1 is 1.12 bits per heavy atom. The second kappa shape index (κ2) is 5.05. The van der Waals surface area contributed by atoms with E-state index in [4.69, 9.17) is 4.74 Å². The minimum Gasteiger partial charge on any atom is -0.450 e. The number of hydrogen-bond donors (Lipinski definition) is 1. The number of aromatic amines is 1. The summed E-state index contributed by atoms with van der Waals surface area (Å²) >= 11 is 0. The first-order valence-corrected chi connectivity index (χ1v) is 8.38. The van der Waals surface area contributed by atoms with Gasteiger partial charge >= 0.3 is 5.97 Å². The van der Waals surface area contributed by atoms with Gasteiger partial charge in [0, 0.05) is 31.5 Å². The fourth-order valence-corrected chi connectivity index (χ4v) is 3.93. The van der Waals surface area contributed by atoms with Gasteiger partial charge in [0.05, 0.1) is 11.1 Å². The smallest absolute Gasteiger partial charge is 0.339 e. The van der Waals surface area contributed by atoms with Crippen molar-refractivity contribution in [3.05, 3.63) is 59.4 Å². The second-order valence-corrected chi connectivity index (χ2v) is 6.61. The van der Waals surface area contributed by atoms with Crippen molar-refractivity contribution in [1.29, 1.82) is 0 Å². The number of piperidine rings is 1. The van der Waals surface area contributed by atoms with Gasteiger partial charge < -0.3 is 14.6 Å². The number of halogens is 1. The number of para-hydroxylation sites is 1. The van der Waals surface area contributed by atoms with E-state index in [1.165, 1.54) is 6.07 Å². The molecule has 1 N–H and O–H groups in total. The molecule has 25 heavy (non-hydrogen) atoms. The Morgan fingerprint density at radius 2 is 1.92 bits per heavy atom. The van der Waals surface area contributed by atoms with E-state index in [2.05, 4.69) is 14.9 Å². The van der Waals surface area contributed by atoms with Crippen LogP contribution < -0.4 is 4.90 Å². The van der Waals surface area contributed by atoms with Gasteiger partial charge in [0.2, 0.25) is 5.95 Å². The maximum absolute atomic E-state index is 13.9. The molecule has 1 spiro atoms. The highest BCUT2D eigenvalue weighted by atomic mass is 19.1. The number of aromatic nitrogens is 2. The Bertz CT molecular complexity index is 989. The summed E-state index contributed by atoms with van der Waals surface area (Å²) in [6, 6.07) is 12.5. The number of ether oxygens (including phenoxy) is 1. The van der Waals surface area contributed by atoms with E-state index in [1.807, 2.05) is 30.3 Å². The molecule has 0 bridgehead atoms. The molecule has 5 nitrogen and oxygen atoms in total. The zero-order chi connectivity index (χ0) is 17.0. The number of hydrogen-bond acceptors (Lipinski definition) is 4. The van der Waals surface area contributed by atoms with E-state index >= 15 is 0 Å². The third kappa shape index (κ3) is 2.06. The molecular formula is C19H16FN3O2. The van der Waals surface area contributed by atoms with Crippen molar-refractivity contribution in [3.63, 3.8) is 0 Å². The van der Waals surface area contributed by atoms with Crippen LogP contribution in [0.5, 0.6) is 0 Å². The number of benzene rings is 2. The summed E-state index contributed by atoms with van der Waals surface area (Å²) in [6.07, 6.45) is 1.38. The summed E-state index contributed by atoms with van der Waals surface area (Å²) < 4.78 is 19.6. The third-order valence-corrected chi connectivity index (χ3v) is 5.25. The molecule has 1 fully saturated rings. The van der Waals surface area contributed by atoms with Crippen LogP contribution in [0.2, 0.25) is 0 Å². The molecule has 0 aliphatic carbocycles. The molecule has 0 saturated carbocycles. The van der Waals surface area contributed by atoms with Gasteiger partial charge in [-0.1, -0.05) is 24.3 Å². The average molecular weight is 337 g/mol. The topological polar surface area (TPSA) is 58.2 Å². The molecule has 3 heterocycles. The molecule has 0 amide bonds. The van der Waals surface area contributed by atoms with E-state index in [0.717, 1.165) is 5.56 Å². The lowest BCUT2D eigenvalue weighted by Crippen LogP contribution is -2.43. The van der Waals surface area contributed by atoms with E-state index in [-0.39, 0.29) is 11.8 Å². The summed E-state index contributed by atoms with van der Waals surface area (Å²) in [5, 5.41) is 0. The lowest BCUT2D eigenvalue weighted by molar-refractivity contribution is -0.0211. The molecule has 0 unspecified atom stereocenters. The van der Waals surface area contributed by atoms with E-state index in [0.29, 0.717) is 48.5 Å². The van der Waals surface area contributed by atoms with Crippen molar-refractivity contribution in [3.8, 4) is 0 Å². The molecule has 126 valence electrons. The highest BCUT2D eigenvalue weighted by molar-refractivity contribution is 5.94. The number of rotatable bonds is 1. The average Bonchev–Trinajstić information content (AvgIpc) is 3.18. The van der Waals surface area contributed by atoms with E-state index < -0.39 is 5.60 Å². The van der Waals surface area contributed by atoms with Gasteiger partial charge in [-0.2, -0.15) is 0 Å². The maximum atomic E-state index is 13.9.